The molecule has 1 amide bonds. The summed E-state index contributed by atoms with van der Waals surface area (Å²) in [4.78, 5) is 21.9. The van der Waals surface area contributed by atoms with Gasteiger partial charge >= 0.3 is 6.36 Å². The smallest absolute Gasteiger partial charge is 0.406 e. The molecule has 11 heteroatoms. The molecule has 250 valence electrons. The number of imidazole rings is 1. The molecule has 0 radical (unpaired) electrons. The van der Waals surface area contributed by atoms with Crippen molar-refractivity contribution in [1.82, 2.24) is 19.8 Å². The fraction of sp³-hybridized carbons (Fsp3) is 0.444. The van der Waals surface area contributed by atoms with Crippen LogP contribution in [0.1, 0.15) is 55.7 Å². The number of anilines is 1. The van der Waals surface area contributed by atoms with E-state index in [1.165, 1.54) is 44.2 Å². The van der Waals surface area contributed by atoms with E-state index in [1.807, 2.05) is 18.2 Å². The van der Waals surface area contributed by atoms with Gasteiger partial charge in [-0.3, -0.25) is 4.79 Å². The molecule has 2 heterocycles. The van der Waals surface area contributed by atoms with Crippen LogP contribution < -0.4 is 20.7 Å². The Morgan fingerprint density at radius 3 is 2.34 bits per heavy atom. The third-order valence-electron chi connectivity index (χ3n) is 9.45. The minimum absolute atomic E-state index is 0.186. The molecule has 0 spiro atoms. The standard InChI is InChI=1S/C36H43F3N6O2/c1-43-17-19-44(20-18-43)29-12-9-27(10-13-29)35-42-32-21-28(31(22-34(40)46)41-23-25-5-3-2-4-6-25)11-16-33(32)45(35)24-26-7-14-30(15-8-26)47-36(37,38)39/h7-16,21,25,31,41H,2-6,17-20,22-24H2,1H3,(H2,40,46). The molecule has 47 heavy (non-hydrogen) atoms. The number of nitrogens with zero attached hydrogens (tertiary/aromatic N) is 4. The third kappa shape index (κ3) is 8.44. The number of primary amides is 1. The number of aromatic nitrogens is 2. The minimum atomic E-state index is -4.75. The number of halogens is 3. The number of ether oxygens (including phenoxy) is 1. The van der Waals surface area contributed by atoms with Crippen LogP contribution in [-0.4, -0.2) is 66.5 Å². The molecule has 3 aromatic carbocycles. The van der Waals surface area contributed by atoms with Crippen LogP contribution in [0.2, 0.25) is 0 Å². The summed E-state index contributed by atoms with van der Waals surface area (Å²) in [5.74, 6) is 0.716. The second kappa shape index (κ2) is 14.4. The first-order valence-electron chi connectivity index (χ1n) is 16.5. The van der Waals surface area contributed by atoms with Gasteiger partial charge in [0.05, 0.1) is 11.0 Å². The van der Waals surface area contributed by atoms with Gasteiger partial charge in [-0.2, -0.15) is 0 Å². The average molecular weight is 649 g/mol. The zero-order valence-electron chi connectivity index (χ0n) is 26.8. The largest absolute Gasteiger partial charge is 0.573 e. The number of hydrogen-bond donors (Lipinski definition) is 2. The van der Waals surface area contributed by atoms with Crippen molar-refractivity contribution in [3.63, 3.8) is 0 Å². The van der Waals surface area contributed by atoms with Gasteiger partial charge in [0.1, 0.15) is 11.6 Å². The third-order valence-corrected chi connectivity index (χ3v) is 9.45. The molecule has 1 saturated carbocycles. The number of carbonyl (C=O) groups is 1. The molecule has 6 rings (SSSR count). The first-order valence-corrected chi connectivity index (χ1v) is 16.5. The molecule has 4 aromatic rings. The predicted molar refractivity (Wildman–Crippen MR) is 178 cm³/mol. The van der Waals surface area contributed by atoms with Crippen LogP contribution >= 0.6 is 0 Å². The van der Waals surface area contributed by atoms with Crippen LogP contribution in [0.15, 0.2) is 66.7 Å². The molecule has 2 fully saturated rings. The number of nitrogens with two attached hydrogens (primary N) is 1. The fourth-order valence-corrected chi connectivity index (χ4v) is 6.82. The first kappa shape index (κ1) is 32.8. The molecule has 1 aliphatic carbocycles. The highest BCUT2D eigenvalue weighted by atomic mass is 19.4. The summed E-state index contributed by atoms with van der Waals surface area (Å²) in [5, 5.41) is 3.62. The van der Waals surface area contributed by atoms with Crippen LogP contribution in [0.5, 0.6) is 5.75 Å². The minimum Gasteiger partial charge on any atom is -0.406 e. The van der Waals surface area contributed by atoms with E-state index in [9.17, 15) is 18.0 Å². The zero-order valence-corrected chi connectivity index (χ0v) is 26.8. The lowest BCUT2D eigenvalue weighted by molar-refractivity contribution is -0.274. The summed E-state index contributed by atoms with van der Waals surface area (Å²) in [6.45, 7) is 5.18. The summed E-state index contributed by atoms with van der Waals surface area (Å²) < 4.78 is 44.4. The summed E-state index contributed by atoms with van der Waals surface area (Å²) in [7, 11) is 2.14. The Morgan fingerprint density at radius 2 is 1.68 bits per heavy atom. The van der Waals surface area contributed by atoms with Gasteiger partial charge in [0, 0.05) is 56.4 Å². The lowest BCUT2D eigenvalue weighted by Crippen LogP contribution is -2.44. The van der Waals surface area contributed by atoms with Gasteiger partial charge < -0.3 is 30.2 Å². The van der Waals surface area contributed by atoms with Crippen LogP contribution in [-0.2, 0) is 11.3 Å². The van der Waals surface area contributed by atoms with Crippen LogP contribution in [0.3, 0.4) is 0 Å². The summed E-state index contributed by atoms with van der Waals surface area (Å²) >= 11 is 0. The van der Waals surface area contributed by atoms with Gasteiger partial charge in [0.25, 0.3) is 0 Å². The lowest BCUT2D eigenvalue weighted by Gasteiger charge is -2.34. The fourth-order valence-electron chi connectivity index (χ4n) is 6.82. The number of amides is 1. The molecule has 3 N–H and O–H groups in total. The number of piperazine rings is 1. The number of likely N-dealkylation sites (N-methyl/N-ethyl adjacent to an activating group) is 1. The summed E-state index contributed by atoms with van der Waals surface area (Å²) in [5.41, 5.74) is 11.2. The molecule has 0 bridgehead atoms. The average Bonchev–Trinajstić information content (AvgIpc) is 3.41. The summed E-state index contributed by atoms with van der Waals surface area (Å²) in [6, 6.07) is 20.2. The number of rotatable bonds is 11. The number of carbonyl (C=O) groups excluding carboxylic acids is 1. The van der Waals surface area contributed by atoms with Crippen molar-refractivity contribution in [2.45, 2.75) is 57.5 Å². The normalized spacial score (nSPS) is 17.2. The zero-order chi connectivity index (χ0) is 33.0. The van der Waals surface area contributed by atoms with Crippen LogP contribution in [0.25, 0.3) is 22.4 Å². The van der Waals surface area contributed by atoms with E-state index in [0.717, 1.165) is 72.0 Å². The Kier molecular flexibility index (Phi) is 10.0. The number of nitrogens with one attached hydrogen (secondary N) is 1. The van der Waals surface area contributed by atoms with E-state index in [1.54, 1.807) is 12.1 Å². The Bertz CT molecular complexity index is 1640. The number of benzene rings is 3. The van der Waals surface area contributed by atoms with E-state index in [2.05, 4.69) is 55.7 Å². The SMILES string of the molecule is CN1CCN(c2ccc(-c3nc4cc(C(CC(N)=O)NCC5CCCCC5)ccc4n3Cc3ccc(OC(F)(F)F)cc3)cc2)CC1. The molecule has 1 atom stereocenters. The molecular formula is C36H43F3N6O2. The molecule has 1 unspecified atom stereocenters. The maximum Gasteiger partial charge on any atom is 0.573 e. The van der Waals surface area contributed by atoms with Crippen molar-refractivity contribution in [3.05, 3.63) is 77.9 Å². The Hall–Kier alpha value is -4.09. The number of alkyl halides is 3. The maximum atomic E-state index is 12.8. The molecule has 1 aliphatic heterocycles. The van der Waals surface area contributed by atoms with E-state index in [-0.39, 0.29) is 24.1 Å². The van der Waals surface area contributed by atoms with E-state index in [4.69, 9.17) is 10.7 Å². The van der Waals surface area contributed by atoms with E-state index < -0.39 is 6.36 Å². The van der Waals surface area contributed by atoms with E-state index >= 15 is 0 Å². The number of fused-ring (bicyclic) bond motifs is 1. The van der Waals surface area contributed by atoms with Crippen molar-refractivity contribution in [1.29, 1.82) is 0 Å². The van der Waals surface area contributed by atoms with Crippen molar-refractivity contribution >= 4 is 22.6 Å². The van der Waals surface area contributed by atoms with Gasteiger partial charge in [0.15, 0.2) is 0 Å². The van der Waals surface area contributed by atoms with Crippen molar-refractivity contribution in [2.75, 3.05) is 44.7 Å². The Labute approximate surface area is 273 Å². The van der Waals surface area contributed by atoms with Gasteiger partial charge in [-0.05, 0) is 92.0 Å². The highest BCUT2D eigenvalue weighted by Crippen LogP contribution is 2.32. The van der Waals surface area contributed by atoms with Gasteiger partial charge in [-0.15, -0.1) is 13.2 Å². The van der Waals surface area contributed by atoms with E-state index in [0.29, 0.717) is 12.5 Å². The lowest BCUT2D eigenvalue weighted by atomic mass is 9.89. The highest BCUT2D eigenvalue weighted by Gasteiger charge is 2.31. The van der Waals surface area contributed by atoms with Crippen LogP contribution in [0.4, 0.5) is 18.9 Å². The molecular weight excluding hydrogens is 605 g/mol. The molecule has 1 saturated heterocycles. The highest BCUT2D eigenvalue weighted by molar-refractivity contribution is 5.82. The van der Waals surface area contributed by atoms with Crippen molar-refractivity contribution in [3.8, 4) is 17.1 Å². The quantitative estimate of drug-likeness (QED) is 0.193. The van der Waals surface area contributed by atoms with Gasteiger partial charge in [-0.1, -0.05) is 37.5 Å². The van der Waals surface area contributed by atoms with Gasteiger partial charge in [-0.25, -0.2) is 4.98 Å². The molecule has 2 aliphatic rings. The monoisotopic (exact) mass is 648 g/mol. The second-order valence-corrected chi connectivity index (χ2v) is 12.9. The number of hydrogen-bond acceptors (Lipinski definition) is 6. The van der Waals surface area contributed by atoms with Crippen molar-refractivity contribution in [2.24, 2.45) is 11.7 Å². The molecule has 8 nitrogen and oxygen atoms in total. The van der Waals surface area contributed by atoms with Gasteiger partial charge in [0.2, 0.25) is 5.91 Å². The summed E-state index contributed by atoms with van der Waals surface area (Å²) in [6.07, 6.45) is 1.60. The second-order valence-electron chi connectivity index (χ2n) is 12.9. The topological polar surface area (TPSA) is 88.6 Å². The Morgan fingerprint density at radius 1 is 0.979 bits per heavy atom. The molecule has 1 aromatic heterocycles. The predicted octanol–water partition coefficient (Wildman–Crippen LogP) is 6.49. The van der Waals surface area contributed by atoms with Crippen LogP contribution in [0, 0.1) is 5.92 Å². The first-order chi connectivity index (χ1) is 22.6. The Balaban J connectivity index is 1.32. The van der Waals surface area contributed by atoms with Crippen molar-refractivity contribution < 1.29 is 22.7 Å². The maximum absolute atomic E-state index is 12.8.